The van der Waals surface area contributed by atoms with Crippen molar-refractivity contribution in [3.05, 3.63) is 48.5 Å². The highest BCUT2D eigenvalue weighted by atomic mass is 32.2. The van der Waals surface area contributed by atoms with Gasteiger partial charge < -0.3 is 4.55 Å². The third-order valence-corrected chi connectivity index (χ3v) is 6.44. The van der Waals surface area contributed by atoms with Crippen molar-refractivity contribution in [3.63, 3.8) is 0 Å². The molecule has 1 aromatic heterocycles. The fourth-order valence-electron chi connectivity index (χ4n) is 3.00. The molecule has 2 aromatic rings. The first-order chi connectivity index (χ1) is 14.2. The third-order valence-electron chi connectivity index (χ3n) is 4.73. The van der Waals surface area contributed by atoms with Gasteiger partial charge in [-0.1, -0.05) is 49.8 Å². The topological polar surface area (TPSA) is 83.1 Å². The maximum atomic E-state index is 10.9. The van der Waals surface area contributed by atoms with E-state index >= 15 is 0 Å². The van der Waals surface area contributed by atoms with E-state index in [1.807, 2.05) is 6.92 Å². The molecule has 0 aliphatic heterocycles. The van der Waals surface area contributed by atoms with Crippen LogP contribution in [0.2, 0.25) is 0 Å². The average molecular weight is 457 g/mol. The Morgan fingerprint density at radius 1 is 0.967 bits per heavy atom. The van der Waals surface area contributed by atoms with E-state index in [1.165, 1.54) is 57.1 Å². The maximum absolute atomic E-state index is 10.9. The second kappa shape index (κ2) is 14.5. The summed E-state index contributed by atoms with van der Waals surface area (Å²) >= 11 is 0. The lowest BCUT2D eigenvalue weighted by molar-refractivity contribution is -0.671. The Balaban J connectivity index is 0.000000346. The predicted octanol–water partition coefficient (Wildman–Crippen LogP) is 3.71. The van der Waals surface area contributed by atoms with Crippen LogP contribution in [0.3, 0.4) is 0 Å². The molecule has 1 atom stereocenters. The lowest BCUT2D eigenvalue weighted by atomic mass is 10.1. The van der Waals surface area contributed by atoms with Crippen LogP contribution in [-0.4, -0.2) is 33.8 Å². The largest absolute Gasteiger partial charge is 0.744 e. The number of hydrogen-bond donors (Lipinski definition) is 0. The number of aromatic nitrogens is 2. The van der Waals surface area contributed by atoms with Gasteiger partial charge in [-0.15, -0.1) is 0 Å². The Morgan fingerprint density at radius 3 is 1.97 bits per heavy atom. The second-order valence-corrected chi connectivity index (χ2v) is 10.6. The summed E-state index contributed by atoms with van der Waals surface area (Å²) < 4.78 is 46.4. The molecule has 0 aliphatic carbocycles. The highest BCUT2D eigenvalue weighted by molar-refractivity contribution is 7.85. The van der Waals surface area contributed by atoms with Crippen LogP contribution in [-0.2, 0) is 34.5 Å². The number of aryl methyl sites for hydroxylation is 3. The van der Waals surface area contributed by atoms with Crippen LogP contribution in [0.4, 0.5) is 0 Å². The molecule has 0 saturated heterocycles. The van der Waals surface area contributed by atoms with E-state index in [9.17, 15) is 17.2 Å². The quantitative estimate of drug-likeness (QED) is 0.277. The molecule has 2 rings (SSSR count). The number of unbranched alkanes of at least 4 members (excludes halogenated alkanes) is 7. The Kier molecular flexibility index (Phi) is 12.8. The van der Waals surface area contributed by atoms with Gasteiger partial charge in [0.15, 0.2) is 0 Å². The lowest BCUT2D eigenvalue weighted by Crippen LogP contribution is -2.23. The van der Waals surface area contributed by atoms with Crippen molar-refractivity contribution in [2.75, 3.05) is 12.0 Å². The molecule has 6 nitrogen and oxygen atoms in total. The minimum atomic E-state index is -4.27. The number of benzene rings is 1. The number of hydrogen-bond acceptors (Lipinski definition) is 4. The maximum Gasteiger partial charge on any atom is 0.243 e. The zero-order valence-corrected chi connectivity index (χ0v) is 20.1. The van der Waals surface area contributed by atoms with E-state index in [1.54, 1.807) is 18.4 Å². The molecular weight excluding hydrogens is 420 g/mol. The van der Waals surface area contributed by atoms with Crippen LogP contribution < -0.4 is 4.57 Å². The van der Waals surface area contributed by atoms with Crippen molar-refractivity contribution in [2.24, 2.45) is 7.05 Å². The Morgan fingerprint density at radius 2 is 1.50 bits per heavy atom. The molecule has 30 heavy (non-hydrogen) atoms. The van der Waals surface area contributed by atoms with Crippen LogP contribution in [0, 0.1) is 6.92 Å². The summed E-state index contributed by atoms with van der Waals surface area (Å²) in [5.74, 6) is 0.883. The summed E-state index contributed by atoms with van der Waals surface area (Å²) in [4.78, 5) is -0.178. The van der Waals surface area contributed by atoms with E-state index in [2.05, 4.69) is 34.9 Å². The molecule has 0 aliphatic rings. The van der Waals surface area contributed by atoms with Gasteiger partial charge in [-0.3, -0.25) is 4.21 Å². The minimum Gasteiger partial charge on any atom is -0.744 e. The van der Waals surface area contributed by atoms with Gasteiger partial charge in [0.25, 0.3) is 0 Å². The summed E-state index contributed by atoms with van der Waals surface area (Å²) in [5, 5.41) is 0. The number of rotatable bonds is 12. The van der Waals surface area contributed by atoms with Gasteiger partial charge in [-0.25, -0.2) is 17.6 Å². The first-order valence-electron chi connectivity index (χ1n) is 10.5. The van der Waals surface area contributed by atoms with Gasteiger partial charge in [0.2, 0.25) is 6.33 Å². The minimum absolute atomic E-state index is 0.178. The van der Waals surface area contributed by atoms with E-state index in [0.29, 0.717) is 0 Å². The van der Waals surface area contributed by atoms with Crippen molar-refractivity contribution in [1.29, 1.82) is 0 Å². The third kappa shape index (κ3) is 12.9. The summed E-state index contributed by atoms with van der Waals surface area (Å²) in [6.07, 6.45) is 18.5. The standard InChI is InChI=1S/C15H29N2OS.C7H8O3S/c1-16-12-13-17(15-16)11-9-7-5-3-4-6-8-10-14-19(2)18;1-6-2-4-7(5-3-6)11(8,9)10/h12-13,15H,3-11,14H2,1-2H3;2-5H,1H3,(H,8,9,10)/q+1;/p-1. The molecule has 0 amide bonds. The van der Waals surface area contributed by atoms with Gasteiger partial charge in [0.1, 0.15) is 22.5 Å². The van der Waals surface area contributed by atoms with Crippen molar-refractivity contribution in [1.82, 2.24) is 4.57 Å². The van der Waals surface area contributed by atoms with Gasteiger partial charge in [0.05, 0.1) is 18.5 Å². The Bertz CT molecular complexity index is 846. The van der Waals surface area contributed by atoms with E-state index in [-0.39, 0.29) is 4.90 Å². The fraction of sp³-hybridized carbons (Fsp3) is 0.591. The Labute approximate surface area is 184 Å². The first kappa shape index (κ1) is 26.5. The number of imidazole rings is 1. The van der Waals surface area contributed by atoms with Gasteiger partial charge >= 0.3 is 0 Å². The van der Waals surface area contributed by atoms with Crippen LogP contribution in [0.5, 0.6) is 0 Å². The molecule has 0 fully saturated rings. The highest BCUT2D eigenvalue weighted by Gasteiger charge is 2.00. The van der Waals surface area contributed by atoms with Crippen molar-refractivity contribution in [3.8, 4) is 0 Å². The van der Waals surface area contributed by atoms with Crippen molar-refractivity contribution >= 4 is 20.9 Å². The molecule has 0 saturated carbocycles. The van der Waals surface area contributed by atoms with Crippen LogP contribution in [0.1, 0.15) is 56.9 Å². The fourth-order valence-corrected chi connectivity index (χ4v) is 4.08. The monoisotopic (exact) mass is 456 g/mol. The summed E-state index contributed by atoms with van der Waals surface area (Å²) in [5.41, 5.74) is 0.928. The smallest absolute Gasteiger partial charge is 0.243 e. The molecule has 0 bridgehead atoms. The SMILES string of the molecule is C[n+]1ccn(CCCCCCCCCCS(C)=O)c1.Cc1ccc(S(=O)(=O)[O-])cc1. The number of nitrogens with zero attached hydrogens (tertiary/aromatic N) is 2. The highest BCUT2D eigenvalue weighted by Crippen LogP contribution is 2.10. The molecule has 1 unspecified atom stereocenters. The zero-order valence-electron chi connectivity index (χ0n) is 18.5. The van der Waals surface area contributed by atoms with E-state index in [0.717, 1.165) is 24.3 Å². The zero-order chi connectivity index (χ0) is 22.4. The van der Waals surface area contributed by atoms with Crippen molar-refractivity contribution in [2.45, 2.75) is 69.7 Å². The van der Waals surface area contributed by atoms with Gasteiger partial charge in [0, 0.05) is 22.8 Å². The molecule has 0 radical (unpaired) electrons. The predicted molar refractivity (Wildman–Crippen MR) is 121 cm³/mol. The van der Waals surface area contributed by atoms with E-state index in [4.69, 9.17) is 0 Å². The molecule has 0 N–H and O–H groups in total. The summed E-state index contributed by atoms with van der Waals surface area (Å²) in [6, 6.07) is 5.78. The average Bonchev–Trinajstić information content (AvgIpc) is 3.08. The normalized spacial score (nSPS) is 12.3. The first-order valence-corrected chi connectivity index (χ1v) is 13.7. The molecule has 1 heterocycles. The molecule has 8 heteroatoms. The van der Waals surface area contributed by atoms with Crippen LogP contribution in [0.25, 0.3) is 0 Å². The van der Waals surface area contributed by atoms with Gasteiger partial charge in [-0.2, -0.15) is 0 Å². The lowest BCUT2D eigenvalue weighted by Gasteiger charge is -2.05. The Hall–Kier alpha value is -1.51. The molecular formula is C22H36N2O4S2. The summed E-state index contributed by atoms with van der Waals surface area (Å²) in [7, 11) is -2.81. The second-order valence-electron chi connectivity index (χ2n) is 7.69. The molecule has 170 valence electrons. The molecule has 0 spiro atoms. The van der Waals surface area contributed by atoms with Crippen molar-refractivity contribution < 1.29 is 21.7 Å². The van der Waals surface area contributed by atoms with E-state index < -0.39 is 20.9 Å². The summed E-state index contributed by atoms with van der Waals surface area (Å²) in [6.45, 7) is 2.96. The van der Waals surface area contributed by atoms with Crippen LogP contribution >= 0.6 is 0 Å². The molecule has 1 aromatic carbocycles. The van der Waals surface area contributed by atoms with Crippen LogP contribution in [0.15, 0.2) is 47.9 Å². The van der Waals surface area contributed by atoms with Gasteiger partial charge in [-0.05, 0) is 38.3 Å².